The third-order valence-corrected chi connectivity index (χ3v) is 6.32. The summed E-state index contributed by atoms with van der Waals surface area (Å²) in [6.45, 7) is 3.84. The molecule has 2 N–H and O–H groups in total. The van der Waals surface area contributed by atoms with Crippen LogP contribution in [0.2, 0.25) is 0 Å². The molecule has 2 atom stereocenters. The summed E-state index contributed by atoms with van der Waals surface area (Å²) in [7, 11) is 0. The van der Waals surface area contributed by atoms with Gasteiger partial charge in [0.1, 0.15) is 11.9 Å². The van der Waals surface area contributed by atoms with Crippen LogP contribution in [-0.4, -0.2) is 33.8 Å². The Morgan fingerprint density at radius 2 is 2.21 bits per heavy atom. The first-order chi connectivity index (χ1) is 13.4. The average molecular weight is 404 g/mol. The summed E-state index contributed by atoms with van der Waals surface area (Å²) in [5.74, 6) is 0.644. The lowest BCUT2D eigenvalue weighted by molar-refractivity contribution is -0.115. The van der Waals surface area contributed by atoms with E-state index in [2.05, 4.69) is 20.8 Å². The molecule has 0 saturated heterocycles. The molecule has 2 saturated carbocycles. The first kappa shape index (κ1) is 18.9. The molecule has 150 valence electrons. The van der Waals surface area contributed by atoms with E-state index in [4.69, 9.17) is 9.26 Å². The van der Waals surface area contributed by atoms with Crippen molar-refractivity contribution in [3.63, 3.8) is 0 Å². The van der Waals surface area contributed by atoms with Gasteiger partial charge in [-0.3, -0.25) is 4.79 Å². The van der Waals surface area contributed by atoms with Crippen molar-refractivity contribution in [2.45, 2.75) is 69.9 Å². The number of aromatic nitrogens is 2. The van der Waals surface area contributed by atoms with Crippen LogP contribution in [0.25, 0.3) is 0 Å². The highest BCUT2D eigenvalue weighted by atomic mass is 32.1. The van der Waals surface area contributed by atoms with Crippen molar-refractivity contribution in [1.29, 1.82) is 0 Å². The smallest absolute Gasteiger partial charge is 0.407 e. The molecule has 2 amide bonds. The van der Waals surface area contributed by atoms with Crippen LogP contribution >= 0.6 is 11.3 Å². The molecule has 28 heavy (non-hydrogen) atoms. The number of aryl methyl sites for hydroxylation is 1. The Kier molecular flexibility index (Phi) is 5.09. The molecule has 0 spiro atoms. The highest BCUT2D eigenvalue weighted by molar-refractivity contribution is 7.15. The minimum atomic E-state index is -0.314. The predicted molar refractivity (Wildman–Crippen MR) is 103 cm³/mol. The molecule has 2 aromatic rings. The molecule has 0 aliphatic heterocycles. The van der Waals surface area contributed by atoms with Crippen LogP contribution in [0.1, 0.15) is 61.3 Å². The Balaban J connectivity index is 1.26. The summed E-state index contributed by atoms with van der Waals surface area (Å²) in [6, 6.07) is 1.74. The fourth-order valence-corrected chi connectivity index (χ4v) is 4.38. The summed E-state index contributed by atoms with van der Waals surface area (Å²) in [6.07, 6.45) is 6.16. The van der Waals surface area contributed by atoms with Gasteiger partial charge >= 0.3 is 6.09 Å². The molecular weight excluding hydrogens is 380 g/mol. The van der Waals surface area contributed by atoms with E-state index < -0.39 is 0 Å². The van der Waals surface area contributed by atoms with Crippen molar-refractivity contribution in [1.82, 2.24) is 15.5 Å². The number of rotatable bonds is 6. The maximum atomic E-state index is 12.1. The van der Waals surface area contributed by atoms with Gasteiger partial charge in [0.2, 0.25) is 5.91 Å². The Morgan fingerprint density at radius 1 is 1.39 bits per heavy atom. The van der Waals surface area contributed by atoms with Gasteiger partial charge in [-0.1, -0.05) is 5.16 Å². The number of hydrogen-bond donors (Lipinski definition) is 2. The maximum absolute atomic E-state index is 12.1. The Labute approximate surface area is 167 Å². The normalized spacial score (nSPS) is 22.6. The van der Waals surface area contributed by atoms with E-state index in [1.54, 1.807) is 12.3 Å². The van der Waals surface area contributed by atoms with Crippen LogP contribution in [-0.2, 0) is 16.0 Å². The Bertz CT molecular complexity index is 873. The summed E-state index contributed by atoms with van der Waals surface area (Å²) in [4.78, 5) is 29.5. The van der Waals surface area contributed by atoms with E-state index >= 15 is 0 Å². The van der Waals surface area contributed by atoms with Crippen molar-refractivity contribution in [3.05, 3.63) is 28.6 Å². The monoisotopic (exact) mass is 404 g/mol. The fourth-order valence-electron chi connectivity index (χ4n) is 3.40. The number of anilines is 1. The van der Waals surface area contributed by atoms with E-state index in [0.717, 1.165) is 42.7 Å². The predicted octanol–water partition coefficient (Wildman–Crippen LogP) is 3.54. The molecule has 1 unspecified atom stereocenters. The van der Waals surface area contributed by atoms with E-state index in [-0.39, 0.29) is 30.1 Å². The van der Waals surface area contributed by atoms with Gasteiger partial charge in [0.25, 0.3) is 0 Å². The third-order valence-electron chi connectivity index (χ3n) is 5.25. The summed E-state index contributed by atoms with van der Waals surface area (Å²) >= 11 is 1.47. The highest BCUT2D eigenvalue weighted by Crippen LogP contribution is 2.40. The van der Waals surface area contributed by atoms with E-state index in [1.807, 2.05) is 13.8 Å². The quantitative estimate of drug-likeness (QED) is 0.763. The number of ether oxygens (including phenoxy) is 1. The number of carbonyl (C=O) groups excluding carboxylic acids is 2. The highest BCUT2D eigenvalue weighted by Gasteiger charge is 2.40. The molecule has 2 aliphatic carbocycles. The van der Waals surface area contributed by atoms with Crippen molar-refractivity contribution < 1.29 is 18.8 Å². The van der Waals surface area contributed by atoms with Crippen LogP contribution in [0.3, 0.4) is 0 Å². The second-order valence-corrected chi connectivity index (χ2v) is 9.01. The second-order valence-electron chi connectivity index (χ2n) is 7.95. The zero-order valence-corrected chi connectivity index (χ0v) is 16.8. The number of nitrogens with zero attached hydrogens (tertiary/aromatic N) is 2. The molecule has 0 aromatic carbocycles. The van der Waals surface area contributed by atoms with Gasteiger partial charge in [-0.2, -0.15) is 0 Å². The van der Waals surface area contributed by atoms with Crippen molar-refractivity contribution >= 4 is 28.5 Å². The van der Waals surface area contributed by atoms with Gasteiger partial charge in [0.15, 0.2) is 5.13 Å². The first-order valence-electron chi connectivity index (χ1n) is 9.55. The maximum Gasteiger partial charge on any atom is 0.407 e. The van der Waals surface area contributed by atoms with Crippen molar-refractivity contribution in [2.24, 2.45) is 0 Å². The van der Waals surface area contributed by atoms with E-state index in [9.17, 15) is 9.59 Å². The minimum absolute atomic E-state index is 0.0652. The molecule has 2 fully saturated rings. The lowest BCUT2D eigenvalue weighted by atomic mass is 10.1. The summed E-state index contributed by atoms with van der Waals surface area (Å²) in [5, 5.41) is 10.1. The van der Waals surface area contributed by atoms with Crippen LogP contribution in [0.4, 0.5) is 9.93 Å². The molecule has 4 rings (SSSR count). The molecule has 2 heterocycles. The van der Waals surface area contributed by atoms with Gasteiger partial charge < -0.3 is 19.9 Å². The lowest BCUT2D eigenvalue weighted by Crippen LogP contribution is -2.36. The number of alkyl carbamates (subject to hydrolysis) is 1. The number of amides is 2. The van der Waals surface area contributed by atoms with Gasteiger partial charge in [-0.05, 0) is 51.9 Å². The van der Waals surface area contributed by atoms with Gasteiger partial charge in [0.05, 0.1) is 12.1 Å². The van der Waals surface area contributed by atoms with E-state index in [0.29, 0.717) is 16.8 Å². The second kappa shape index (κ2) is 7.54. The topological polar surface area (TPSA) is 106 Å². The lowest BCUT2D eigenvalue weighted by Gasteiger charge is -2.16. The SMILES string of the molecule is Cc1cc(CC(=O)Nc2ncc([C@H]3CCC(OC(=O)NC4(C)CC4)C3)s2)on1. The zero-order valence-electron chi connectivity index (χ0n) is 16.0. The van der Waals surface area contributed by atoms with Crippen molar-refractivity contribution in [2.75, 3.05) is 5.32 Å². The molecule has 2 aliphatic rings. The third kappa shape index (κ3) is 4.70. The summed E-state index contributed by atoms with van der Waals surface area (Å²) in [5.41, 5.74) is 0.682. The molecule has 2 aromatic heterocycles. The summed E-state index contributed by atoms with van der Waals surface area (Å²) < 4.78 is 10.6. The molecule has 8 nitrogen and oxygen atoms in total. The Hall–Kier alpha value is -2.42. The average Bonchev–Trinajstić information content (AvgIpc) is 3.05. The zero-order chi connectivity index (χ0) is 19.7. The number of carbonyl (C=O) groups is 2. The molecule has 9 heteroatoms. The van der Waals surface area contributed by atoms with Gasteiger partial charge in [-0.15, -0.1) is 11.3 Å². The number of nitrogens with one attached hydrogen (secondary N) is 2. The Morgan fingerprint density at radius 3 is 2.93 bits per heavy atom. The van der Waals surface area contributed by atoms with Gasteiger partial charge in [0, 0.05) is 22.7 Å². The largest absolute Gasteiger partial charge is 0.446 e. The van der Waals surface area contributed by atoms with E-state index in [1.165, 1.54) is 11.3 Å². The van der Waals surface area contributed by atoms with Crippen molar-refractivity contribution in [3.8, 4) is 0 Å². The van der Waals surface area contributed by atoms with Crippen LogP contribution in [0, 0.1) is 6.92 Å². The van der Waals surface area contributed by atoms with Crippen LogP contribution < -0.4 is 10.6 Å². The van der Waals surface area contributed by atoms with Crippen LogP contribution in [0.5, 0.6) is 0 Å². The first-order valence-corrected chi connectivity index (χ1v) is 10.4. The molecular formula is C19H24N4O4S. The standard InChI is InChI=1S/C19H24N4O4S/c1-11-7-14(27-23-11)9-16(24)21-17-20-10-15(28-17)12-3-4-13(8-12)26-18(25)22-19(2)5-6-19/h7,10,12-13H,3-6,8-9H2,1-2H3,(H,22,25)(H,20,21,24)/t12-,13?/m0/s1. The van der Waals surface area contributed by atoms with Gasteiger partial charge in [-0.25, -0.2) is 9.78 Å². The number of hydrogen-bond acceptors (Lipinski definition) is 7. The molecule has 0 radical (unpaired) electrons. The minimum Gasteiger partial charge on any atom is -0.446 e. The number of thiazole rings is 1. The molecule has 0 bridgehead atoms. The van der Waals surface area contributed by atoms with Crippen LogP contribution in [0.15, 0.2) is 16.8 Å². The fraction of sp³-hybridized carbons (Fsp3) is 0.579.